The molecule has 2 heterocycles. The third kappa shape index (κ3) is 3.52. The highest BCUT2D eigenvalue weighted by Crippen LogP contribution is 2.24. The second kappa shape index (κ2) is 6.32. The number of nitrogens with zero attached hydrogens (tertiary/aromatic N) is 2. The van der Waals surface area contributed by atoms with E-state index < -0.39 is 0 Å². The van der Waals surface area contributed by atoms with E-state index in [4.69, 9.17) is 0 Å². The van der Waals surface area contributed by atoms with Crippen LogP contribution in [0.1, 0.15) is 5.56 Å². The molecule has 0 N–H and O–H groups in total. The first kappa shape index (κ1) is 11.9. The fourth-order valence-electron chi connectivity index (χ4n) is 1.03. The van der Waals surface area contributed by atoms with E-state index in [0.29, 0.717) is 0 Å². The molecule has 0 spiro atoms. The number of hydrogen-bond donors (Lipinski definition) is 0. The van der Waals surface area contributed by atoms with Gasteiger partial charge in [0.25, 0.3) is 0 Å². The molecule has 76 valence electrons. The van der Waals surface area contributed by atoms with Gasteiger partial charge in [-0.1, -0.05) is 29.6 Å². The van der Waals surface area contributed by atoms with Crippen LogP contribution in [0.3, 0.4) is 0 Å². The lowest BCUT2D eigenvalue weighted by Crippen LogP contribution is -1.85. The maximum Gasteiger partial charge on any atom is 0.124 e. The number of hydrogen-bond acceptors (Lipinski definition) is 4. The Balaban J connectivity index is 0.000000980. The van der Waals surface area contributed by atoms with Crippen molar-refractivity contribution in [2.75, 3.05) is 12.3 Å². The Morgan fingerprint density at radius 1 is 1.50 bits per heavy atom. The predicted molar refractivity (Wildman–Crippen MR) is 67.5 cm³/mol. The van der Waals surface area contributed by atoms with Crippen molar-refractivity contribution < 1.29 is 0 Å². The van der Waals surface area contributed by atoms with Gasteiger partial charge in [-0.3, -0.25) is 9.98 Å². The summed E-state index contributed by atoms with van der Waals surface area (Å²) in [5.74, 6) is 2.13. The van der Waals surface area contributed by atoms with Crippen molar-refractivity contribution in [3.63, 3.8) is 0 Å². The van der Waals surface area contributed by atoms with E-state index >= 15 is 0 Å². The van der Waals surface area contributed by atoms with E-state index in [-0.39, 0.29) is 12.4 Å². The van der Waals surface area contributed by atoms with Gasteiger partial charge in [0.15, 0.2) is 0 Å². The molecular formula is C9H11ClN2S2. The number of halogens is 1. The molecule has 1 aliphatic rings. The van der Waals surface area contributed by atoms with Crippen LogP contribution in [-0.2, 0) is 5.75 Å². The Bertz CT molecular complexity index is 303. The lowest BCUT2D eigenvalue weighted by molar-refractivity contribution is 1.18. The van der Waals surface area contributed by atoms with Crippen molar-refractivity contribution in [3.05, 3.63) is 30.1 Å². The van der Waals surface area contributed by atoms with Crippen LogP contribution in [0.15, 0.2) is 29.5 Å². The summed E-state index contributed by atoms with van der Waals surface area (Å²) >= 11 is 3.66. The third-order valence-corrected chi connectivity index (χ3v) is 3.97. The molecule has 0 amide bonds. The predicted octanol–water partition coefficient (Wildman–Crippen LogP) is 2.84. The van der Waals surface area contributed by atoms with Gasteiger partial charge in [-0.05, 0) is 11.6 Å². The maximum absolute atomic E-state index is 4.37. The number of aromatic nitrogens is 1. The first-order valence-electron chi connectivity index (χ1n) is 4.14. The second-order valence-electron chi connectivity index (χ2n) is 2.65. The summed E-state index contributed by atoms with van der Waals surface area (Å²) in [6.45, 7) is 0.986. The van der Waals surface area contributed by atoms with Gasteiger partial charge in [0.05, 0.1) is 6.54 Å². The first-order chi connectivity index (χ1) is 6.45. The van der Waals surface area contributed by atoms with Crippen molar-refractivity contribution in [1.29, 1.82) is 0 Å². The lowest BCUT2D eigenvalue weighted by atomic mass is 10.3. The molecule has 0 saturated carbocycles. The zero-order valence-electron chi connectivity index (χ0n) is 7.55. The number of pyridine rings is 1. The molecule has 1 aromatic rings. The molecule has 0 radical (unpaired) electrons. The number of thioether (sulfide) groups is 2. The molecule has 5 heteroatoms. The summed E-state index contributed by atoms with van der Waals surface area (Å²) in [5.41, 5.74) is 1.27. The highest BCUT2D eigenvalue weighted by molar-refractivity contribution is 8.38. The van der Waals surface area contributed by atoms with Crippen LogP contribution < -0.4 is 0 Å². The Labute approximate surface area is 98.4 Å². The topological polar surface area (TPSA) is 25.2 Å². The molecular weight excluding hydrogens is 236 g/mol. The quantitative estimate of drug-likeness (QED) is 0.803. The molecule has 14 heavy (non-hydrogen) atoms. The first-order valence-corrected chi connectivity index (χ1v) is 6.11. The van der Waals surface area contributed by atoms with E-state index in [0.717, 1.165) is 18.1 Å². The van der Waals surface area contributed by atoms with E-state index in [1.54, 1.807) is 6.20 Å². The van der Waals surface area contributed by atoms with Crippen molar-refractivity contribution >= 4 is 40.3 Å². The van der Waals surface area contributed by atoms with Crippen LogP contribution in [-0.4, -0.2) is 21.7 Å². The second-order valence-corrected chi connectivity index (χ2v) is 4.95. The van der Waals surface area contributed by atoms with E-state index in [9.17, 15) is 0 Å². The third-order valence-electron chi connectivity index (χ3n) is 1.64. The fraction of sp³-hybridized carbons (Fsp3) is 0.333. The average Bonchev–Trinajstić information content (AvgIpc) is 2.69. The average molecular weight is 247 g/mol. The monoisotopic (exact) mass is 246 g/mol. The van der Waals surface area contributed by atoms with Gasteiger partial charge in [0, 0.05) is 23.9 Å². The van der Waals surface area contributed by atoms with Gasteiger partial charge in [-0.2, -0.15) is 0 Å². The van der Waals surface area contributed by atoms with E-state index in [1.165, 1.54) is 9.94 Å². The molecule has 2 nitrogen and oxygen atoms in total. The Morgan fingerprint density at radius 2 is 2.43 bits per heavy atom. The van der Waals surface area contributed by atoms with E-state index in [1.807, 2.05) is 35.8 Å². The highest BCUT2D eigenvalue weighted by atomic mass is 35.5. The van der Waals surface area contributed by atoms with E-state index in [2.05, 4.69) is 16.0 Å². The molecule has 0 aromatic carbocycles. The minimum Gasteiger partial charge on any atom is -0.271 e. The van der Waals surface area contributed by atoms with Crippen LogP contribution in [0.25, 0.3) is 0 Å². The number of aliphatic imine (C=N–C) groups is 1. The molecule has 0 unspecified atom stereocenters. The Kier molecular flexibility index (Phi) is 5.37. The van der Waals surface area contributed by atoms with Crippen LogP contribution in [0.4, 0.5) is 0 Å². The summed E-state index contributed by atoms with van der Waals surface area (Å²) in [5, 5.41) is 0. The zero-order chi connectivity index (χ0) is 8.93. The van der Waals surface area contributed by atoms with Gasteiger partial charge in [0.1, 0.15) is 4.38 Å². The van der Waals surface area contributed by atoms with Crippen LogP contribution >= 0.6 is 35.9 Å². The Hall–Kier alpha value is -0.190. The summed E-state index contributed by atoms with van der Waals surface area (Å²) in [4.78, 5) is 8.44. The van der Waals surface area contributed by atoms with Crippen molar-refractivity contribution in [2.24, 2.45) is 4.99 Å². The smallest absolute Gasteiger partial charge is 0.124 e. The standard InChI is InChI=1S/C9H10N2S2.ClH/c1-2-8(6-10-3-1)7-13-9-11-4-5-12-9;/h1-3,6H,4-5,7H2;1H. The normalized spacial score (nSPS) is 14.7. The molecule has 1 aliphatic heterocycles. The van der Waals surface area contributed by atoms with Gasteiger partial charge in [0.2, 0.25) is 0 Å². The van der Waals surface area contributed by atoms with Gasteiger partial charge in [-0.25, -0.2) is 0 Å². The van der Waals surface area contributed by atoms with Crippen LogP contribution in [0.2, 0.25) is 0 Å². The zero-order valence-corrected chi connectivity index (χ0v) is 10.00. The number of rotatable bonds is 2. The van der Waals surface area contributed by atoms with Crippen molar-refractivity contribution in [2.45, 2.75) is 5.75 Å². The van der Waals surface area contributed by atoms with Crippen molar-refractivity contribution in [3.8, 4) is 0 Å². The molecule has 0 saturated heterocycles. The molecule has 0 bridgehead atoms. The molecule has 0 aliphatic carbocycles. The minimum atomic E-state index is 0. The lowest BCUT2D eigenvalue weighted by Gasteiger charge is -1.98. The van der Waals surface area contributed by atoms with Gasteiger partial charge in [-0.15, -0.1) is 12.4 Å². The molecule has 0 fully saturated rings. The van der Waals surface area contributed by atoms with Crippen molar-refractivity contribution in [1.82, 2.24) is 4.98 Å². The summed E-state index contributed by atoms with van der Waals surface area (Å²) < 4.78 is 1.23. The summed E-state index contributed by atoms with van der Waals surface area (Å²) in [7, 11) is 0. The maximum atomic E-state index is 4.37. The van der Waals surface area contributed by atoms with Crippen LogP contribution in [0.5, 0.6) is 0 Å². The molecule has 1 aromatic heterocycles. The molecule has 2 rings (SSSR count). The SMILES string of the molecule is Cl.c1cncc(CSC2=NCCS2)c1. The van der Waals surface area contributed by atoms with Gasteiger partial charge >= 0.3 is 0 Å². The van der Waals surface area contributed by atoms with Crippen LogP contribution in [0, 0.1) is 0 Å². The fourth-order valence-corrected chi connectivity index (χ4v) is 2.97. The largest absolute Gasteiger partial charge is 0.271 e. The summed E-state index contributed by atoms with van der Waals surface area (Å²) in [6.07, 6.45) is 3.71. The minimum absolute atomic E-state index is 0. The van der Waals surface area contributed by atoms with Gasteiger partial charge < -0.3 is 0 Å². The Morgan fingerprint density at radius 3 is 3.07 bits per heavy atom. The molecule has 0 atom stereocenters. The summed E-state index contributed by atoms with van der Waals surface area (Å²) in [6, 6.07) is 4.07. The highest BCUT2D eigenvalue weighted by Gasteiger charge is 2.07.